The average Bonchev–Trinajstić information content (AvgIpc) is 2.81. The molecule has 0 radical (unpaired) electrons. The highest BCUT2D eigenvalue weighted by Crippen LogP contribution is 2.27. The van der Waals surface area contributed by atoms with Gasteiger partial charge >= 0.3 is 6.09 Å². The Balaban J connectivity index is 1.94. The van der Waals surface area contributed by atoms with Crippen LogP contribution in [0.5, 0.6) is 0 Å². The van der Waals surface area contributed by atoms with E-state index in [-0.39, 0.29) is 17.9 Å². The first-order valence-corrected chi connectivity index (χ1v) is 6.38. The maximum atomic E-state index is 12.2. The second-order valence-electron chi connectivity index (χ2n) is 5.09. The largest absolute Gasteiger partial charge is 0.465 e. The van der Waals surface area contributed by atoms with Gasteiger partial charge in [-0.3, -0.25) is 4.79 Å². The molecule has 1 aliphatic carbocycles. The zero-order valence-corrected chi connectivity index (χ0v) is 10.3. The van der Waals surface area contributed by atoms with Gasteiger partial charge in [-0.15, -0.1) is 0 Å². The Morgan fingerprint density at radius 1 is 1.18 bits per heavy atom. The van der Waals surface area contributed by atoms with Crippen LogP contribution in [-0.2, 0) is 4.79 Å². The number of nitrogens with zero attached hydrogens (tertiary/aromatic N) is 2. The van der Waals surface area contributed by atoms with Crippen molar-refractivity contribution in [2.24, 2.45) is 5.92 Å². The molecule has 0 aromatic heterocycles. The van der Waals surface area contributed by atoms with Crippen LogP contribution in [0.15, 0.2) is 0 Å². The molecule has 1 saturated heterocycles. The maximum absolute atomic E-state index is 12.2. The number of carbonyl (C=O) groups is 2. The van der Waals surface area contributed by atoms with E-state index in [1.807, 2.05) is 11.8 Å². The quantitative estimate of drug-likeness (QED) is 0.753. The predicted molar refractivity (Wildman–Crippen MR) is 62.7 cm³/mol. The molecule has 1 N–H and O–H groups in total. The van der Waals surface area contributed by atoms with Crippen LogP contribution in [0.1, 0.15) is 32.6 Å². The summed E-state index contributed by atoms with van der Waals surface area (Å²) in [5, 5.41) is 8.91. The minimum Gasteiger partial charge on any atom is -0.465 e. The van der Waals surface area contributed by atoms with E-state index in [4.69, 9.17) is 5.11 Å². The van der Waals surface area contributed by atoms with Gasteiger partial charge in [-0.25, -0.2) is 4.79 Å². The first-order chi connectivity index (χ1) is 8.09. The van der Waals surface area contributed by atoms with Crippen LogP contribution >= 0.6 is 0 Å². The number of carbonyl (C=O) groups excluding carboxylic acids is 1. The minimum atomic E-state index is -0.884. The first kappa shape index (κ1) is 12.2. The van der Waals surface area contributed by atoms with Gasteiger partial charge in [-0.1, -0.05) is 12.8 Å². The molecule has 17 heavy (non-hydrogen) atoms. The van der Waals surface area contributed by atoms with Crippen molar-refractivity contribution in [1.29, 1.82) is 0 Å². The molecule has 0 aromatic rings. The van der Waals surface area contributed by atoms with E-state index in [1.54, 1.807) is 0 Å². The molecule has 1 unspecified atom stereocenters. The van der Waals surface area contributed by atoms with Crippen molar-refractivity contribution >= 4 is 12.0 Å². The Morgan fingerprint density at radius 3 is 2.35 bits per heavy atom. The molecule has 2 amide bonds. The van der Waals surface area contributed by atoms with Crippen LogP contribution < -0.4 is 0 Å². The summed E-state index contributed by atoms with van der Waals surface area (Å²) in [4.78, 5) is 26.4. The van der Waals surface area contributed by atoms with Gasteiger partial charge in [0.1, 0.15) is 0 Å². The fraction of sp³-hybridized carbons (Fsp3) is 0.833. The molecule has 2 fully saturated rings. The van der Waals surface area contributed by atoms with Gasteiger partial charge in [0, 0.05) is 31.6 Å². The minimum absolute atomic E-state index is 0.00736. The monoisotopic (exact) mass is 240 g/mol. The summed E-state index contributed by atoms with van der Waals surface area (Å²) in [6.07, 6.45) is 3.43. The molecule has 96 valence electrons. The maximum Gasteiger partial charge on any atom is 0.407 e. The van der Waals surface area contributed by atoms with Gasteiger partial charge in [0.25, 0.3) is 0 Å². The second-order valence-corrected chi connectivity index (χ2v) is 5.09. The van der Waals surface area contributed by atoms with Crippen molar-refractivity contribution in [1.82, 2.24) is 9.80 Å². The SMILES string of the molecule is CC1CN(C(=O)O)CCN1C(=O)C1CCCC1. The lowest BCUT2D eigenvalue weighted by atomic mass is 10.0. The third-order valence-electron chi connectivity index (χ3n) is 3.89. The van der Waals surface area contributed by atoms with Crippen molar-refractivity contribution < 1.29 is 14.7 Å². The van der Waals surface area contributed by atoms with Crippen molar-refractivity contribution in [3.05, 3.63) is 0 Å². The number of hydrogen-bond donors (Lipinski definition) is 1. The Kier molecular flexibility index (Phi) is 3.54. The van der Waals surface area contributed by atoms with Crippen LogP contribution in [0.3, 0.4) is 0 Å². The summed E-state index contributed by atoms with van der Waals surface area (Å²) in [5.41, 5.74) is 0. The molecule has 5 nitrogen and oxygen atoms in total. The van der Waals surface area contributed by atoms with Crippen LogP contribution in [0.2, 0.25) is 0 Å². The normalized spacial score (nSPS) is 26.3. The highest BCUT2D eigenvalue weighted by atomic mass is 16.4. The van der Waals surface area contributed by atoms with Crippen LogP contribution in [0.25, 0.3) is 0 Å². The number of piperazine rings is 1. The van der Waals surface area contributed by atoms with Crippen molar-refractivity contribution in [2.75, 3.05) is 19.6 Å². The third kappa shape index (κ3) is 2.53. The Labute approximate surface area is 101 Å². The van der Waals surface area contributed by atoms with E-state index in [1.165, 1.54) is 4.90 Å². The molecule has 5 heteroatoms. The molecule has 1 aliphatic heterocycles. The lowest BCUT2D eigenvalue weighted by Crippen LogP contribution is -2.56. The van der Waals surface area contributed by atoms with Gasteiger partial charge in [0.2, 0.25) is 5.91 Å². The van der Waals surface area contributed by atoms with Gasteiger partial charge in [-0.2, -0.15) is 0 Å². The van der Waals surface area contributed by atoms with E-state index in [0.29, 0.717) is 19.6 Å². The first-order valence-electron chi connectivity index (χ1n) is 6.38. The standard InChI is InChI=1S/C12H20N2O3/c1-9-8-13(12(16)17)6-7-14(9)11(15)10-4-2-3-5-10/h9-10H,2-8H2,1H3,(H,16,17). The fourth-order valence-electron chi connectivity index (χ4n) is 2.87. The zero-order valence-electron chi connectivity index (χ0n) is 10.3. The number of hydrogen-bond acceptors (Lipinski definition) is 2. The average molecular weight is 240 g/mol. The number of rotatable bonds is 1. The molecule has 2 aliphatic rings. The van der Waals surface area contributed by atoms with E-state index < -0.39 is 6.09 Å². The fourth-order valence-corrected chi connectivity index (χ4v) is 2.87. The molecule has 0 spiro atoms. The Hall–Kier alpha value is -1.26. The lowest BCUT2D eigenvalue weighted by molar-refractivity contribution is -0.139. The van der Waals surface area contributed by atoms with Crippen molar-refractivity contribution in [3.8, 4) is 0 Å². The molecule has 1 saturated carbocycles. The molecule has 1 heterocycles. The molecular weight excluding hydrogens is 220 g/mol. The smallest absolute Gasteiger partial charge is 0.407 e. The summed E-state index contributed by atoms with van der Waals surface area (Å²) >= 11 is 0. The van der Waals surface area contributed by atoms with E-state index in [9.17, 15) is 9.59 Å². The van der Waals surface area contributed by atoms with Gasteiger partial charge in [-0.05, 0) is 19.8 Å². The lowest BCUT2D eigenvalue weighted by Gasteiger charge is -2.39. The highest BCUT2D eigenvalue weighted by Gasteiger charge is 2.34. The van der Waals surface area contributed by atoms with Gasteiger partial charge < -0.3 is 14.9 Å². The third-order valence-corrected chi connectivity index (χ3v) is 3.89. The topological polar surface area (TPSA) is 60.9 Å². The molecular formula is C12H20N2O3. The molecule has 0 aromatic carbocycles. The van der Waals surface area contributed by atoms with Crippen LogP contribution in [0, 0.1) is 5.92 Å². The van der Waals surface area contributed by atoms with Crippen LogP contribution in [0.4, 0.5) is 4.79 Å². The molecule has 1 atom stereocenters. The van der Waals surface area contributed by atoms with Crippen molar-refractivity contribution in [2.45, 2.75) is 38.6 Å². The predicted octanol–water partition coefficient (Wildman–Crippen LogP) is 1.39. The highest BCUT2D eigenvalue weighted by molar-refractivity contribution is 5.79. The molecule has 0 bridgehead atoms. The Morgan fingerprint density at radius 2 is 1.82 bits per heavy atom. The summed E-state index contributed by atoms with van der Waals surface area (Å²) in [6.45, 7) is 3.36. The Bertz CT molecular complexity index is 313. The second kappa shape index (κ2) is 4.94. The molecule has 2 rings (SSSR count). The summed E-state index contributed by atoms with van der Waals surface area (Å²) < 4.78 is 0. The summed E-state index contributed by atoms with van der Waals surface area (Å²) in [6, 6.07) is 0.00736. The summed E-state index contributed by atoms with van der Waals surface area (Å²) in [5.74, 6) is 0.425. The van der Waals surface area contributed by atoms with Crippen LogP contribution in [-0.4, -0.2) is 52.6 Å². The van der Waals surface area contributed by atoms with Gasteiger partial charge in [0.15, 0.2) is 0 Å². The van der Waals surface area contributed by atoms with E-state index in [2.05, 4.69) is 0 Å². The van der Waals surface area contributed by atoms with Gasteiger partial charge in [0.05, 0.1) is 0 Å². The number of amides is 2. The van der Waals surface area contributed by atoms with E-state index in [0.717, 1.165) is 25.7 Å². The van der Waals surface area contributed by atoms with Crippen molar-refractivity contribution in [3.63, 3.8) is 0 Å². The van der Waals surface area contributed by atoms with E-state index >= 15 is 0 Å². The number of carboxylic acid groups (broad SMARTS) is 1. The zero-order chi connectivity index (χ0) is 12.4. The summed E-state index contributed by atoms with van der Waals surface area (Å²) in [7, 11) is 0.